The zero-order chi connectivity index (χ0) is 19.2. The summed E-state index contributed by atoms with van der Waals surface area (Å²) in [4.78, 5) is 21.1. The fourth-order valence-corrected chi connectivity index (χ4v) is 4.51. The van der Waals surface area contributed by atoms with Crippen molar-refractivity contribution in [1.82, 2.24) is 9.71 Å². The minimum Gasteiger partial charge on any atom is -0.317 e. The predicted molar refractivity (Wildman–Crippen MR) is 114 cm³/mol. The van der Waals surface area contributed by atoms with Gasteiger partial charge in [0.15, 0.2) is 5.13 Å². The number of thiazole rings is 1. The van der Waals surface area contributed by atoms with Crippen molar-refractivity contribution in [3.63, 3.8) is 0 Å². The molecule has 1 aromatic carbocycles. The molecule has 0 unspecified atom stereocenters. The third-order valence-corrected chi connectivity index (χ3v) is 6.22. The van der Waals surface area contributed by atoms with Gasteiger partial charge in [0.25, 0.3) is 5.91 Å². The molecular formula is C19H18N4OS3. The number of carbonyl (C=O) groups excluding carboxylic acids is 1. The van der Waals surface area contributed by atoms with Crippen LogP contribution in [0.25, 0.3) is 0 Å². The van der Waals surface area contributed by atoms with E-state index in [4.69, 9.17) is 5.26 Å². The van der Waals surface area contributed by atoms with Crippen molar-refractivity contribution in [1.29, 1.82) is 5.26 Å². The van der Waals surface area contributed by atoms with E-state index in [0.29, 0.717) is 11.3 Å². The molecule has 0 aliphatic heterocycles. The molecule has 1 amide bonds. The number of thiophene rings is 1. The van der Waals surface area contributed by atoms with Gasteiger partial charge in [0, 0.05) is 28.2 Å². The maximum atomic E-state index is 12.2. The Bertz CT molecular complexity index is 942. The minimum atomic E-state index is -0.180. The van der Waals surface area contributed by atoms with E-state index < -0.39 is 0 Å². The average Bonchev–Trinajstić information content (AvgIpc) is 3.32. The largest absolute Gasteiger partial charge is 0.317 e. The highest BCUT2D eigenvalue weighted by Gasteiger charge is 2.20. The van der Waals surface area contributed by atoms with Crippen molar-refractivity contribution in [2.24, 2.45) is 0 Å². The summed E-state index contributed by atoms with van der Waals surface area (Å²) in [6.45, 7) is 2.65. The molecule has 1 N–H and O–H groups in total. The normalized spacial score (nSPS) is 10.4. The van der Waals surface area contributed by atoms with E-state index in [2.05, 4.69) is 32.1 Å². The number of aromatic nitrogens is 1. The SMILES string of the molecule is CSNC(=O)c1nc(N(CCc2cccs2)c2ccc(C#N)cc2)sc1C. The van der Waals surface area contributed by atoms with Gasteiger partial charge in [-0.3, -0.25) is 9.52 Å². The van der Waals surface area contributed by atoms with Gasteiger partial charge >= 0.3 is 0 Å². The average molecular weight is 415 g/mol. The molecule has 0 bridgehead atoms. The Morgan fingerprint density at radius 1 is 1.33 bits per heavy atom. The van der Waals surface area contributed by atoms with Crippen LogP contribution in [-0.4, -0.2) is 23.7 Å². The molecule has 138 valence electrons. The number of nitrogens with one attached hydrogen (secondary N) is 1. The summed E-state index contributed by atoms with van der Waals surface area (Å²) in [6.07, 6.45) is 2.69. The van der Waals surface area contributed by atoms with E-state index in [1.807, 2.05) is 31.4 Å². The first-order valence-corrected chi connectivity index (χ1v) is 11.1. The molecule has 0 aliphatic carbocycles. The van der Waals surface area contributed by atoms with Crippen LogP contribution in [0, 0.1) is 18.3 Å². The molecule has 0 fully saturated rings. The Hall–Kier alpha value is -2.34. The Kier molecular flexibility index (Phi) is 6.50. The van der Waals surface area contributed by atoms with E-state index in [-0.39, 0.29) is 5.91 Å². The monoisotopic (exact) mass is 414 g/mol. The van der Waals surface area contributed by atoms with Gasteiger partial charge in [0.2, 0.25) is 0 Å². The smallest absolute Gasteiger partial charge is 0.280 e. The maximum absolute atomic E-state index is 12.2. The second-order valence-corrected chi connectivity index (χ2v) is 8.50. The molecule has 0 spiro atoms. The second-order valence-electron chi connectivity index (χ2n) is 5.68. The molecule has 2 aromatic heterocycles. The van der Waals surface area contributed by atoms with Gasteiger partial charge in [0.1, 0.15) is 5.69 Å². The first-order chi connectivity index (χ1) is 13.1. The molecule has 0 saturated heterocycles. The zero-order valence-corrected chi connectivity index (χ0v) is 17.4. The molecule has 3 aromatic rings. The number of nitriles is 1. The summed E-state index contributed by atoms with van der Waals surface area (Å²) in [5.74, 6) is -0.180. The molecule has 27 heavy (non-hydrogen) atoms. The van der Waals surface area contributed by atoms with Crippen LogP contribution in [0.1, 0.15) is 25.8 Å². The van der Waals surface area contributed by atoms with E-state index >= 15 is 0 Å². The summed E-state index contributed by atoms with van der Waals surface area (Å²) < 4.78 is 2.73. The molecular weight excluding hydrogens is 396 g/mol. The summed E-state index contributed by atoms with van der Waals surface area (Å²) in [5.41, 5.74) is 2.03. The quantitative estimate of drug-likeness (QED) is 0.564. The number of nitrogens with zero attached hydrogens (tertiary/aromatic N) is 3. The second kappa shape index (κ2) is 9.04. The predicted octanol–water partition coefficient (Wildman–Crippen LogP) is 4.77. The van der Waals surface area contributed by atoms with E-state index in [9.17, 15) is 4.79 Å². The lowest BCUT2D eigenvalue weighted by Crippen LogP contribution is -2.21. The first-order valence-electron chi connectivity index (χ1n) is 8.23. The van der Waals surface area contributed by atoms with Crippen molar-refractivity contribution < 1.29 is 4.79 Å². The number of hydrogen-bond acceptors (Lipinski definition) is 7. The van der Waals surface area contributed by atoms with Gasteiger partial charge < -0.3 is 4.90 Å². The van der Waals surface area contributed by atoms with E-state index in [1.54, 1.807) is 23.5 Å². The Balaban J connectivity index is 1.92. The van der Waals surface area contributed by atoms with E-state index in [1.165, 1.54) is 28.2 Å². The van der Waals surface area contributed by atoms with Crippen molar-refractivity contribution >= 4 is 51.3 Å². The molecule has 0 atom stereocenters. The first kappa shape index (κ1) is 19.4. The van der Waals surface area contributed by atoms with Crippen LogP contribution in [-0.2, 0) is 6.42 Å². The summed E-state index contributed by atoms with van der Waals surface area (Å²) in [7, 11) is 0. The van der Waals surface area contributed by atoms with Gasteiger partial charge in [-0.25, -0.2) is 4.98 Å². The highest BCUT2D eigenvalue weighted by atomic mass is 32.2. The number of amides is 1. The molecule has 3 rings (SSSR count). The lowest BCUT2D eigenvalue weighted by molar-refractivity contribution is 0.0980. The zero-order valence-electron chi connectivity index (χ0n) is 14.9. The Labute approximate surface area is 170 Å². The number of rotatable bonds is 7. The van der Waals surface area contributed by atoms with Crippen molar-refractivity contribution in [2.45, 2.75) is 13.3 Å². The van der Waals surface area contributed by atoms with Crippen LogP contribution in [0.5, 0.6) is 0 Å². The fraction of sp³-hybridized carbons (Fsp3) is 0.211. The Morgan fingerprint density at radius 2 is 2.11 bits per heavy atom. The van der Waals surface area contributed by atoms with Gasteiger partial charge in [-0.15, -0.1) is 22.7 Å². The third kappa shape index (κ3) is 4.69. The summed E-state index contributed by atoms with van der Waals surface area (Å²) in [5, 5.41) is 11.9. The minimum absolute atomic E-state index is 0.180. The number of carbonyl (C=O) groups is 1. The van der Waals surface area contributed by atoms with Crippen LogP contribution in [0.15, 0.2) is 41.8 Å². The van der Waals surface area contributed by atoms with Gasteiger partial charge in [0.05, 0.1) is 11.6 Å². The number of benzene rings is 1. The van der Waals surface area contributed by atoms with Crippen molar-refractivity contribution in [3.8, 4) is 6.07 Å². The molecule has 0 aliphatic rings. The number of anilines is 2. The number of hydrogen-bond donors (Lipinski definition) is 1. The molecule has 0 radical (unpaired) electrons. The van der Waals surface area contributed by atoms with Crippen LogP contribution < -0.4 is 9.62 Å². The molecule has 5 nitrogen and oxygen atoms in total. The highest BCUT2D eigenvalue weighted by Crippen LogP contribution is 2.32. The van der Waals surface area contributed by atoms with Crippen LogP contribution in [0.2, 0.25) is 0 Å². The third-order valence-electron chi connectivity index (χ3n) is 3.90. The van der Waals surface area contributed by atoms with Crippen molar-refractivity contribution in [3.05, 3.63) is 62.8 Å². The van der Waals surface area contributed by atoms with Crippen LogP contribution >= 0.6 is 34.6 Å². The van der Waals surface area contributed by atoms with Gasteiger partial charge in [-0.2, -0.15) is 5.26 Å². The van der Waals surface area contributed by atoms with E-state index in [0.717, 1.165) is 28.7 Å². The standard InChI is InChI=1S/C19H18N4OS3/c1-13-17(18(24)22-25-2)21-19(27-13)23(10-9-16-4-3-11-26-16)15-7-5-14(12-20)6-8-15/h3-8,11H,9-10H2,1-2H3,(H,22,24). The molecule has 0 saturated carbocycles. The Morgan fingerprint density at radius 3 is 2.74 bits per heavy atom. The van der Waals surface area contributed by atoms with Gasteiger partial charge in [-0.1, -0.05) is 18.0 Å². The van der Waals surface area contributed by atoms with Crippen LogP contribution in [0.3, 0.4) is 0 Å². The highest BCUT2D eigenvalue weighted by molar-refractivity contribution is 7.97. The lowest BCUT2D eigenvalue weighted by Gasteiger charge is -2.22. The molecule has 8 heteroatoms. The summed E-state index contributed by atoms with van der Waals surface area (Å²) in [6, 6.07) is 13.8. The topological polar surface area (TPSA) is 69.0 Å². The fourth-order valence-electron chi connectivity index (χ4n) is 2.58. The van der Waals surface area contributed by atoms with Crippen molar-refractivity contribution in [2.75, 3.05) is 17.7 Å². The summed E-state index contributed by atoms with van der Waals surface area (Å²) >= 11 is 4.49. The molecule has 2 heterocycles. The number of aryl methyl sites for hydroxylation is 1. The lowest BCUT2D eigenvalue weighted by atomic mass is 10.2. The maximum Gasteiger partial charge on any atom is 0.280 e. The van der Waals surface area contributed by atoms with Gasteiger partial charge in [-0.05, 0) is 49.1 Å². The van der Waals surface area contributed by atoms with Crippen LogP contribution in [0.4, 0.5) is 10.8 Å².